The molecule has 0 aliphatic rings. The van der Waals surface area contributed by atoms with Gasteiger partial charge in [-0.2, -0.15) is 0 Å². The second kappa shape index (κ2) is 4.71. The van der Waals surface area contributed by atoms with Crippen molar-refractivity contribution in [3.8, 4) is 11.7 Å². The molecule has 0 unspecified atom stereocenters. The number of hydrazine groups is 1. The van der Waals surface area contributed by atoms with E-state index in [1.54, 1.807) is 6.07 Å². The van der Waals surface area contributed by atoms with E-state index < -0.39 is 5.91 Å². The molecule has 5 heteroatoms. The normalized spacial score (nSPS) is 10.0. The van der Waals surface area contributed by atoms with E-state index in [2.05, 4.69) is 0 Å². The van der Waals surface area contributed by atoms with E-state index in [0.29, 0.717) is 5.75 Å². The molecule has 0 saturated carbocycles. The van der Waals surface area contributed by atoms with E-state index in [0.717, 1.165) is 5.56 Å². The summed E-state index contributed by atoms with van der Waals surface area (Å²) in [5.41, 5.74) is 3.12. The van der Waals surface area contributed by atoms with Gasteiger partial charge in [-0.1, -0.05) is 17.7 Å². The highest BCUT2D eigenvalue weighted by molar-refractivity contribution is 5.91. The first-order chi connectivity index (χ1) is 8.19. The second-order valence-corrected chi connectivity index (χ2v) is 3.51. The zero-order chi connectivity index (χ0) is 12.3. The molecule has 88 valence electrons. The number of rotatable bonds is 3. The van der Waals surface area contributed by atoms with Gasteiger partial charge in [-0.25, -0.2) is 5.84 Å². The molecule has 0 saturated heterocycles. The first-order valence-electron chi connectivity index (χ1n) is 5.04. The summed E-state index contributed by atoms with van der Waals surface area (Å²) in [5, 5.41) is 0. The number of nitrogens with two attached hydrogens (primary N) is 1. The number of ether oxygens (including phenoxy) is 1. The number of aryl methyl sites for hydroxylation is 1. The van der Waals surface area contributed by atoms with Crippen molar-refractivity contribution >= 4 is 5.91 Å². The maximum atomic E-state index is 11.1. The van der Waals surface area contributed by atoms with Crippen molar-refractivity contribution in [2.45, 2.75) is 6.92 Å². The molecular weight excluding hydrogens is 220 g/mol. The molecule has 0 radical (unpaired) electrons. The minimum absolute atomic E-state index is 0.106. The molecule has 0 spiro atoms. The molecule has 3 N–H and O–H groups in total. The zero-order valence-corrected chi connectivity index (χ0v) is 9.27. The van der Waals surface area contributed by atoms with Crippen molar-refractivity contribution in [3.05, 3.63) is 47.7 Å². The third-order valence-corrected chi connectivity index (χ3v) is 2.18. The molecule has 0 atom stereocenters. The summed E-state index contributed by atoms with van der Waals surface area (Å²) in [5.74, 6) is 5.48. The van der Waals surface area contributed by atoms with Gasteiger partial charge in [-0.3, -0.25) is 10.2 Å². The SMILES string of the molecule is Cc1ccc(Oc2ccc(C(=O)NN)o2)cc1. The Bertz CT molecular complexity index is 517. The van der Waals surface area contributed by atoms with Gasteiger partial charge in [0, 0.05) is 6.07 Å². The van der Waals surface area contributed by atoms with Gasteiger partial charge in [0.2, 0.25) is 0 Å². The molecule has 0 aliphatic carbocycles. The second-order valence-electron chi connectivity index (χ2n) is 3.51. The lowest BCUT2D eigenvalue weighted by molar-refractivity contribution is 0.0921. The summed E-state index contributed by atoms with van der Waals surface area (Å²) in [6, 6.07) is 10.5. The first-order valence-corrected chi connectivity index (χ1v) is 5.04. The third-order valence-electron chi connectivity index (χ3n) is 2.18. The Morgan fingerprint density at radius 1 is 1.24 bits per heavy atom. The predicted octanol–water partition coefficient (Wildman–Crippen LogP) is 1.98. The van der Waals surface area contributed by atoms with Crippen LogP contribution in [0.4, 0.5) is 0 Å². The van der Waals surface area contributed by atoms with E-state index >= 15 is 0 Å². The standard InChI is InChI=1S/C12H12N2O3/c1-8-2-4-9(5-3-8)16-11-7-6-10(17-11)12(15)14-13/h2-7H,13H2,1H3,(H,14,15). The number of hydrogen-bond acceptors (Lipinski definition) is 4. The molecule has 17 heavy (non-hydrogen) atoms. The average molecular weight is 232 g/mol. The Morgan fingerprint density at radius 2 is 1.94 bits per heavy atom. The monoisotopic (exact) mass is 232 g/mol. The van der Waals surface area contributed by atoms with Gasteiger partial charge in [-0.05, 0) is 25.1 Å². The molecule has 5 nitrogen and oxygen atoms in total. The Morgan fingerprint density at radius 3 is 2.59 bits per heavy atom. The molecule has 2 aromatic rings. The number of nitrogens with one attached hydrogen (secondary N) is 1. The summed E-state index contributed by atoms with van der Waals surface area (Å²) < 4.78 is 10.6. The van der Waals surface area contributed by atoms with Gasteiger partial charge in [-0.15, -0.1) is 0 Å². The number of carbonyl (C=O) groups excluding carboxylic acids is 1. The number of benzene rings is 1. The van der Waals surface area contributed by atoms with Crippen LogP contribution >= 0.6 is 0 Å². The fourth-order valence-corrected chi connectivity index (χ4v) is 1.29. The summed E-state index contributed by atoms with van der Waals surface area (Å²) in [7, 11) is 0. The van der Waals surface area contributed by atoms with Gasteiger partial charge in [0.15, 0.2) is 5.76 Å². The number of amides is 1. The van der Waals surface area contributed by atoms with E-state index in [4.69, 9.17) is 15.0 Å². The molecule has 1 aromatic carbocycles. The fraction of sp³-hybridized carbons (Fsp3) is 0.0833. The number of carbonyl (C=O) groups is 1. The summed E-state index contributed by atoms with van der Waals surface area (Å²) >= 11 is 0. The zero-order valence-electron chi connectivity index (χ0n) is 9.27. The van der Waals surface area contributed by atoms with Crippen LogP contribution in [0.25, 0.3) is 0 Å². The van der Waals surface area contributed by atoms with Crippen molar-refractivity contribution in [3.63, 3.8) is 0 Å². The van der Waals surface area contributed by atoms with Crippen LogP contribution in [0.2, 0.25) is 0 Å². The molecule has 1 amide bonds. The van der Waals surface area contributed by atoms with E-state index in [1.165, 1.54) is 6.07 Å². The third kappa shape index (κ3) is 2.64. The molecule has 0 bridgehead atoms. The number of hydrogen-bond donors (Lipinski definition) is 2. The average Bonchev–Trinajstić information content (AvgIpc) is 2.80. The molecular formula is C12H12N2O3. The first kappa shape index (κ1) is 11.2. The topological polar surface area (TPSA) is 77.5 Å². The maximum Gasteiger partial charge on any atom is 0.301 e. The largest absolute Gasteiger partial charge is 0.426 e. The van der Waals surface area contributed by atoms with Crippen LogP contribution in [0.3, 0.4) is 0 Å². The lowest BCUT2D eigenvalue weighted by atomic mass is 10.2. The Balaban J connectivity index is 2.11. The summed E-state index contributed by atoms with van der Waals surface area (Å²) in [6.45, 7) is 1.99. The van der Waals surface area contributed by atoms with Crippen LogP contribution in [-0.4, -0.2) is 5.91 Å². The Hall–Kier alpha value is -2.27. The minimum Gasteiger partial charge on any atom is -0.426 e. The molecule has 1 heterocycles. The van der Waals surface area contributed by atoms with Crippen LogP contribution in [-0.2, 0) is 0 Å². The quantitative estimate of drug-likeness (QED) is 0.482. The predicted molar refractivity (Wildman–Crippen MR) is 61.6 cm³/mol. The van der Waals surface area contributed by atoms with Crippen LogP contribution in [0.5, 0.6) is 11.7 Å². The van der Waals surface area contributed by atoms with Crippen molar-refractivity contribution < 1.29 is 13.9 Å². The van der Waals surface area contributed by atoms with Gasteiger partial charge in [0.1, 0.15) is 5.75 Å². The van der Waals surface area contributed by atoms with Gasteiger partial charge in [0.25, 0.3) is 5.95 Å². The van der Waals surface area contributed by atoms with Crippen molar-refractivity contribution in [2.75, 3.05) is 0 Å². The Kier molecular flexibility index (Phi) is 3.11. The number of furan rings is 1. The smallest absolute Gasteiger partial charge is 0.301 e. The van der Waals surface area contributed by atoms with Crippen LogP contribution in [0.15, 0.2) is 40.8 Å². The van der Waals surface area contributed by atoms with Crippen molar-refractivity contribution in [1.82, 2.24) is 5.43 Å². The van der Waals surface area contributed by atoms with Crippen molar-refractivity contribution in [1.29, 1.82) is 0 Å². The van der Waals surface area contributed by atoms with Crippen LogP contribution < -0.4 is 16.0 Å². The van der Waals surface area contributed by atoms with Crippen molar-refractivity contribution in [2.24, 2.45) is 5.84 Å². The highest BCUT2D eigenvalue weighted by Crippen LogP contribution is 2.23. The molecule has 0 fully saturated rings. The lowest BCUT2D eigenvalue weighted by Gasteiger charge is -2.01. The Labute approximate surface area is 98.1 Å². The van der Waals surface area contributed by atoms with E-state index in [-0.39, 0.29) is 11.7 Å². The fourth-order valence-electron chi connectivity index (χ4n) is 1.29. The highest BCUT2D eigenvalue weighted by Gasteiger charge is 2.10. The number of nitrogen functional groups attached to an aromatic ring is 1. The maximum absolute atomic E-state index is 11.1. The van der Waals surface area contributed by atoms with Gasteiger partial charge >= 0.3 is 5.91 Å². The molecule has 2 rings (SSSR count). The molecule has 0 aliphatic heterocycles. The van der Waals surface area contributed by atoms with Gasteiger partial charge in [0.05, 0.1) is 0 Å². The van der Waals surface area contributed by atoms with Crippen LogP contribution in [0.1, 0.15) is 16.1 Å². The summed E-state index contributed by atoms with van der Waals surface area (Å²) in [4.78, 5) is 11.1. The highest BCUT2D eigenvalue weighted by atomic mass is 16.6. The molecule has 1 aromatic heterocycles. The van der Waals surface area contributed by atoms with E-state index in [9.17, 15) is 4.79 Å². The van der Waals surface area contributed by atoms with E-state index in [1.807, 2.05) is 36.6 Å². The lowest BCUT2D eigenvalue weighted by Crippen LogP contribution is -2.29. The summed E-state index contributed by atoms with van der Waals surface area (Å²) in [6.07, 6.45) is 0. The van der Waals surface area contributed by atoms with Crippen LogP contribution in [0, 0.1) is 6.92 Å². The van der Waals surface area contributed by atoms with Gasteiger partial charge < -0.3 is 9.15 Å². The minimum atomic E-state index is -0.497.